The lowest BCUT2D eigenvalue weighted by Gasteiger charge is -1.88. The molecule has 0 aromatic rings. The normalized spacial score (nSPS) is 19.0. The summed E-state index contributed by atoms with van der Waals surface area (Å²) in [7, 11) is -3.08. The Morgan fingerprint density at radius 1 is 1.67 bits per heavy atom. The Hall–Kier alpha value is -0.580. The highest BCUT2D eigenvalue weighted by Crippen LogP contribution is 2.04. The fourth-order valence-electron chi connectivity index (χ4n) is 0.549. The van der Waals surface area contributed by atoms with Crippen molar-refractivity contribution in [3.05, 3.63) is 0 Å². The van der Waals surface area contributed by atoms with Gasteiger partial charge in [0.1, 0.15) is 6.61 Å². The van der Waals surface area contributed by atoms with Gasteiger partial charge in [-0.25, -0.2) is 8.42 Å². The molecule has 52 valence electrons. The standard InChI is InChI=1S/C4H7NO3S/c1-9(6,7)4-2-3-8-5-4/h2-3H2,1H3. The van der Waals surface area contributed by atoms with Crippen molar-refractivity contribution < 1.29 is 13.3 Å². The van der Waals surface area contributed by atoms with E-state index in [0.29, 0.717) is 13.0 Å². The molecule has 0 saturated heterocycles. The molecule has 0 N–H and O–H groups in total. The van der Waals surface area contributed by atoms with E-state index in [4.69, 9.17) is 0 Å². The summed E-state index contributed by atoms with van der Waals surface area (Å²) >= 11 is 0. The monoisotopic (exact) mass is 149 g/mol. The maximum atomic E-state index is 10.6. The predicted octanol–water partition coefficient (Wildman–Crippen LogP) is -0.235. The third-order valence-corrected chi connectivity index (χ3v) is 2.14. The molecule has 0 aromatic heterocycles. The van der Waals surface area contributed by atoms with Crippen molar-refractivity contribution in [2.24, 2.45) is 5.16 Å². The highest BCUT2D eigenvalue weighted by Gasteiger charge is 2.18. The summed E-state index contributed by atoms with van der Waals surface area (Å²) in [5.41, 5.74) is 0. The lowest BCUT2D eigenvalue weighted by atomic mass is 10.5. The van der Waals surface area contributed by atoms with Crippen LogP contribution in [0.25, 0.3) is 0 Å². The van der Waals surface area contributed by atoms with Crippen LogP contribution < -0.4 is 0 Å². The third kappa shape index (κ3) is 1.41. The van der Waals surface area contributed by atoms with Crippen molar-refractivity contribution >= 4 is 14.9 Å². The van der Waals surface area contributed by atoms with Crippen LogP contribution in [0.1, 0.15) is 6.42 Å². The van der Waals surface area contributed by atoms with E-state index in [1.165, 1.54) is 0 Å². The summed E-state index contributed by atoms with van der Waals surface area (Å²) in [6, 6.07) is 0. The molecule has 0 saturated carbocycles. The Kier molecular flexibility index (Phi) is 1.44. The van der Waals surface area contributed by atoms with E-state index in [9.17, 15) is 8.42 Å². The van der Waals surface area contributed by atoms with Gasteiger partial charge >= 0.3 is 0 Å². The first-order valence-corrected chi connectivity index (χ1v) is 4.39. The van der Waals surface area contributed by atoms with Crippen LogP contribution in [0.3, 0.4) is 0 Å². The summed E-state index contributed by atoms with van der Waals surface area (Å²) in [5.74, 6) is 0. The Bertz CT molecular complexity index is 228. The van der Waals surface area contributed by atoms with Gasteiger partial charge in [0.15, 0.2) is 14.9 Å². The number of hydrogen-bond donors (Lipinski definition) is 0. The van der Waals surface area contributed by atoms with Gasteiger partial charge in [-0.05, 0) is 0 Å². The maximum absolute atomic E-state index is 10.6. The minimum absolute atomic E-state index is 0.155. The van der Waals surface area contributed by atoms with Crippen LogP contribution in [-0.2, 0) is 14.7 Å². The fraction of sp³-hybridized carbons (Fsp3) is 0.750. The van der Waals surface area contributed by atoms with E-state index >= 15 is 0 Å². The molecule has 9 heavy (non-hydrogen) atoms. The van der Waals surface area contributed by atoms with Gasteiger partial charge in [0.25, 0.3) is 0 Å². The molecule has 0 aromatic carbocycles. The second kappa shape index (κ2) is 1.98. The van der Waals surface area contributed by atoms with Crippen molar-refractivity contribution in [1.29, 1.82) is 0 Å². The quantitative estimate of drug-likeness (QED) is 0.478. The summed E-state index contributed by atoms with van der Waals surface area (Å²) in [6.45, 7) is 0.391. The SMILES string of the molecule is CS(=O)(=O)C1=NOCC1. The van der Waals surface area contributed by atoms with Gasteiger partial charge < -0.3 is 4.84 Å². The first kappa shape index (κ1) is 6.54. The molecule has 0 amide bonds. The van der Waals surface area contributed by atoms with Gasteiger partial charge in [0, 0.05) is 12.7 Å². The first-order valence-electron chi connectivity index (χ1n) is 2.49. The van der Waals surface area contributed by atoms with E-state index < -0.39 is 9.84 Å². The van der Waals surface area contributed by atoms with Gasteiger partial charge in [-0.15, -0.1) is 0 Å². The van der Waals surface area contributed by atoms with Gasteiger partial charge in [0.05, 0.1) is 0 Å². The summed E-state index contributed by atoms with van der Waals surface area (Å²) in [6.07, 6.45) is 1.54. The van der Waals surface area contributed by atoms with Crippen molar-refractivity contribution in [1.82, 2.24) is 0 Å². The highest BCUT2D eigenvalue weighted by atomic mass is 32.2. The second-order valence-corrected chi connectivity index (χ2v) is 3.86. The first-order chi connectivity index (χ1) is 4.11. The number of hydrogen-bond acceptors (Lipinski definition) is 4. The molecule has 1 rings (SSSR count). The number of rotatable bonds is 0. The Morgan fingerprint density at radius 2 is 2.33 bits per heavy atom. The van der Waals surface area contributed by atoms with Crippen LogP contribution in [0.5, 0.6) is 0 Å². The zero-order chi connectivity index (χ0) is 6.91. The van der Waals surface area contributed by atoms with Crippen molar-refractivity contribution in [2.75, 3.05) is 12.9 Å². The van der Waals surface area contributed by atoms with Crippen LogP contribution in [-0.4, -0.2) is 26.3 Å². The topological polar surface area (TPSA) is 55.7 Å². The third-order valence-electron chi connectivity index (χ3n) is 1.00. The van der Waals surface area contributed by atoms with Crippen molar-refractivity contribution in [3.63, 3.8) is 0 Å². The van der Waals surface area contributed by atoms with Gasteiger partial charge in [-0.3, -0.25) is 0 Å². The number of sulfone groups is 1. The maximum Gasteiger partial charge on any atom is 0.192 e. The molecule has 0 unspecified atom stereocenters. The zero-order valence-electron chi connectivity index (χ0n) is 4.99. The molecule has 0 spiro atoms. The molecular weight excluding hydrogens is 142 g/mol. The average Bonchev–Trinajstić information content (AvgIpc) is 2.08. The lowest BCUT2D eigenvalue weighted by molar-refractivity contribution is 0.174. The molecule has 5 heteroatoms. The lowest BCUT2D eigenvalue weighted by Crippen LogP contribution is -2.09. The molecule has 1 aliphatic heterocycles. The fourth-order valence-corrected chi connectivity index (χ4v) is 1.19. The van der Waals surface area contributed by atoms with E-state index in [2.05, 4.69) is 9.99 Å². The molecule has 0 fully saturated rings. The Morgan fingerprint density at radius 3 is 2.56 bits per heavy atom. The van der Waals surface area contributed by atoms with E-state index in [1.54, 1.807) is 0 Å². The van der Waals surface area contributed by atoms with Crippen LogP contribution in [0.2, 0.25) is 0 Å². The highest BCUT2D eigenvalue weighted by molar-refractivity contribution is 8.05. The Labute approximate surface area is 53.4 Å². The van der Waals surface area contributed by atoms with Crippen molar-refractivity contribution in [2.45, 2.75) is 6.42 Å². The molecule has 1 aliphatic rings. The zero-order valence-corrected chi connectivity index (χ0v) is 5.81. The molecule has 0 radical (unpaired) electrons. The van der Waals surface area contributed by atoms with Gasteiger partial charge in [-0.1, -0.05) is 5.16 Å². The predicted molar refractivity (Wildman–Crippen MR) is 32.8 cm³/mol. The van der Waals surface area contributed by atoms with E-state index in [1.807, 2.05) is 0 Å². The molecule has 0 aliphatic carbocycles. The molecular formula is C4H7NO3S. The second-order valence-electron chi connectivity index (χ2n) is 1.84. The van der Waals surface area contributed by atoms with Crippen LogP contribution in [0.4, 0.5) is 0 Å². The minimum atomic E-state index is -3.08. The minimum Gasteiger partial charge on any atom is -0.395 e. The summed E-state index contributed by atoms with van der Waals surface area (Å²) in [5, 5.41) is 3.49. The van der Waals surface area contributed by atoms with Crippen LogP contribution in [0, 0.1) is 0 Å². The Balaban J connectivity index is 2.87. The average molecular weight is 149 g/mol. The van der Waals surface area contributed by atoms with Crippen LogP contribution >= 0.6 is 0 Å². The van der Waals surface area contributed by atoms with Gasteiger partial charge in [-0.2, -0.15) is 0 Å². The molecule has 1 heterocycles. The van der Waals surface area contributed by atoms with Crippen molar-refractivity contribution in [3.8, 4) is 0 Å². The van der Waals surface area contributed by atoms with Gasteiger partial charge in [0.2, 0.25) is 0 Å². The molecule has 0 atom stereocenters. The molecule has 4 nitrogen and oxygen atoms in total. The van der Waals surface area contributed by atoms with E-state index in [-0.39, 0.29) is 5.04 Å². The number of oxime groups is 1. The number of nitrogens with zero attached hydrogens (tertiary/aromatic N) is 1. The summed E-state index contributed by atoms with van der Waals surface area (Å²) in [4.78, 5) is 4.49. The largest absolute Gasteiger partial charge is 0.395 e. The van der Waals surface area contributed by atoms with Crippen LogP contribution in [0.15, 0.2) is 5.16 Å². The molecule has 0 bridgehead atoms. The van der Waals surface area contributed by atoms with E-state index in [0.717, 1.165) is 6.26 Å². The summed E-state index contributed by atoms with van der Waals surface area (Å²) < 4.78 is 21.2. The smallest absolute Gasteiger partial charge is 0.192 e.